The van der Waals surface area contributed by atoms with Crippen molar-refractivity contribution < 1.29 is 54.0 Å². The molecule has 6 unspecified atom stereocenters. The van der Waals surface area contributed by atoms with Crippen molar-refractivity contribution in [2.24, 2.45) is 5.73 Å². The average molecular weight is 663 g/mol. The Morgan fingerprint density at radius 2 is 1.49 bits per heavy atom. The second-order valence-electron chi connectivity index (χ2n) is 10.4. The smallest absolute Gasteiger partial charge is 0.326 e. The summed E-state index contributed by atoms with van der Waals surface area (Å²) in [7, 11) is 0. The molecule has 5 amide bonds. The molecular weight excluding hydrogens is 624 g/mol. The first-order valence-corrected chi connectivity index (χ1v) is 14.2. The van der Waals surface area contributed by atoms with Crippen molar-refractivity contribution in [1.82, 2.24) is 36.6 Å². The Kier molecular flexibility index (Phi) is 14.9. The molecule has 0 bridgehead atoms. The molecule has 2 rings (SSSR count). The Hall–Kier alpha value is -5.40. The molecule has 19 nitrogen and oxygen atoms in total. The summed E-state index contributed by atoms with van der Waals surface area (Å²) in [6.07, 6.45) is 0.269. The van der Waals surface area contributed by atoms with Crippen LogP contribution in [0.3, 0.4) is 0 Å². The van der Waals surface area contributed by atoms with E-state index in [4.69, 9.17) is 5.73 Å². The number of rotatable bonds is 19. The highest BCUT2D eigenvalue weighted by Gasteiger charge is 2.32. The molecule has 1 heterocycles. The summed E-state index contributed by atoms with van der Waals surface area (Å²) < 4.78 is 0. The summed E-state index contributed by atoms with van der Waals surface area (Å²) in [4.78, 5) is 92.9. The fourth-order valence-electron chi connectivity index (χ4n) is 4.09. The molecule has 19 heteroatoms. The maximum atomic E-state index is 12.8. The number of carbonyl (C=O) groups excluding carboxylic acids is 5. The van der Waals surface area contributed by atoms with Gasteiger partial charge in [-0.05, 0) is 12.5 Å². The van der Waals surface area contributed by atoms with Crippen molar-refractivity contribution in [3.05, 3.63) is 54.1 Å². The first-order chi connectivity index (χ1) is 22.2. The summed E-state index contributed by atoms with van der Waals surface area (Å²) in [5, 5.41) is 49.3. The lowest BCUT2D eigenvalue weighted by atomic mass is 10.0. The number of aliphatic hydroxyl groups excluding tert-OH is 2. The van der Waals surface area contributed by atoms with Gasteiger partial charge in [0, 0.05) is 24.7 Å². The van der Waals surface area contributed by atoms with Gasteiger partial charge in [-0.1, -0.05) is 30.3 Å². The highest BCUT2D eigenvalue weighted by Crippen LogP contribution is 2.05. The van der Waals surface area contributed by atoms with Gasteiger partial charge in [0.15, 0.2) is 0 Å². The van der Waals surface area contributed by atoms with Crippen LogP contribution in [0.5, 0.6) is 0 Å². The minimum atomic E-state index is -1.78. The van der Waals surface area contributed by atoms with Crippen molar-refractivity contribution in [2.75, 3.05) is 13.2 Å². The number of nitrogens with one attached hydrogen (secondary N) is 6. The summed E-state index contributed by atoms with van der Waals surface area (Å²) in [5.41, 5.74) is 6.94. The largest absolute Gasteiger partial charge is 0.481 e. The minimum Gasteiger partial charge on any atom is -0.481 e. The topological polar surface area (TPSA) is 315 Å². The molecule has 1 aromatic carbocycles. The van der Waals surface area contributed by atoms with Gasteiger partial charge in [-0.3, -0.25) is 28.8 Å². The predicted molar refractivity (Wildman–Crippen MR) is 160 cm³/mol. The number of aromatic amines is 1. The van der Waals surface area contributed by atoms with Crippen molar-refractivity contribution in [3.63, 3.8) is 0 Å². The van der Waals surface area contributed by atoms with Crippen LogP contribution >= 0.6 is 0 Å². The van der Waals surface area contributed by atoms with Crippen molar-refractivity contribution in [2.45, 2.75) is 62.5 Å². The van der Waals surface area contributed by atoms with E-state index < -0.39 is 97.4 Å². The molecule has 0 saturated carbocycles. The quantitative estimate of drug-likeness (QED) is 0.0677. The Morgan fingerprint density at radius 1 is 0.851 bits per heavy atom. The molecular formula is C28H38N8O11. The van der Waals surface area contributed by atoms with E-state index in [9.17, 15) is 54.0 Å². The van der Waals surface area contributed by atoms with E-state index in [1.165, 1.54) is 12.5 Å². The average Bonchev–Trinajstić information content (AvgIpc) is 3.53. The molecule has 1 aromatic heterocycles. The number of aliphatic hydroxyl groups is 2. The van der Waals surface area contributed by atoms with Crippen LogP contribution in [-0.4, -0.2) is 121 Å². The van der Waals surface area contributed by atoms with Gasteiger partial charge in [-0.15, -0.1) is 0 Å². The van der Waals surface area contributed by atoms with E-state index in [0.29, 0.717) is 11.3 Å². The lowest BCUT2D eigenvalue weighted by Crippen LogP contribution is -2.59. The van der Waals surface area contributed by atoms with E-state index in [2.05, 4.69) is 36.6 Å². The zero-order chi connectivity index (χ0) is 35.1. The zero-order valence-corrected chi connectivity index (χ0v) is 25.2. The second kappa shape index (κ2) is 18.5. The van der Waals surface area contributed by atoms with E-state index in [0.717, 1.165) is 6.92 Å². The first kappa shape index (κ1) is 37.8. The number of imidazole rings is 1. The monoisotopic (exact) mass is 662 g/mol. The summed E-state index contributed by atoms with van der Waals surface area (Å²) in [5.74, 6) is -8.05. The first-order valence-electron chi connectivity index (χ1n) is 14.2. The molecule has 12 N–H and O–H groups in total. The molecule has 0 radical (unpaired) electrons. The van der Waals surface area contributed by atoms with Crippen LogP contribution in [0.2, 0.25) is 0 Å². The number of benzene rings is 1. The number of carboxylic acid groups (broad SMARTS) is 2. The van der Waals surface area contributed by atoms with Crippen LogP contribution in [0.1, 0.15) is 24.6 Å². The van der Waals surface area contributed by atoms with E-state index in [1.54, 1.807) is 30.3 Å². The van der Waals surface area contributed by atoms with Gasteiger partial charge >= 0.3 is 11.9 Å². The van der Waals surface area contributed by atoms with Crippen LogP contribution < -0.4 is 32.3 Å². The van der Waals surface area contributed by atoms with Gasteiger partial charge < -0.3 is 57.7 Å². The summed E-state index contributed by atoms with van der Waals surface area (Å²) in [6, 6.07) is 0.799. The van der Waals surface area contributed by atoms with Crippen LogP contribution in [0.4, 0.5) is 0 Å². The Balaban J connectivity index is 1.98. The lowest BCUT2D eigenvalue weighted by Gasteiger charge is -2.24. The Bertz CT molecular complexity index is 1390. The SMILES string of the molecule is CC(O)C(NC(=O)CNC(=O)C(CC(=O)O)NC(=O)C(CO)NC(=O)C(N)Cc1cnc[nH]1)C(=O)NC(Cc1ccccc1)C(=O)O. The number of carbonyl (C=O) groups is 7. The summed E-state index contributed by atoms with van der Waals surface area (Å²) >= 11 is 0. The normalized spacial score (nSPS) is 14.6. The zero-order valence-electron chi connectivity index (χ0n) is 25.2. The van der Waals surface area contributed by atoms with Gasteiger partial charge in [0.1, 0.15) is 24.2 Å². The van der Waals surface area contributed by atoms with Crippen molar-refractivity contribution >= 4 is 41.5 Å². The third-order valence-corrected chi connectivity index (χ3v) is 6.56. The predicted octanol–water partition coefficient (Wildman–Crippen LogP) is -4.49. The number of aromatic nitrogens is 2. The third-order valence-electron chi connectivity index (χ3n) is 6.56. The molecule has 0 fully saturated rings. The number of carboxylic acids is 2. The molecule has 0 aliphatic carbocycles. The Labute approximate surface area is 267 Å². The number of hydrogen-bond acceptors (Lipinski definition) is 11. The van der Waals surface area contributed by atoms with E-state index in [-0.39, 0.29) is 12.8 Å². The molecule has 2 aromatic rings. The molecule has 0 spiro atoms. The van der Waals surface area contributed by atoms with Gasteiger partial charge in [0.25, 0.3) is 0 Å². The second-order valence-corrected chi connectivity index (χ2v) is 10.4. The van der Waals surface area contributed by atoms with Gasteiger partial charge in [-0.2, -0.15) is 0 Å². The number of H-pyrrole nitrogens is 1. The number of hydrogen-bond donors (Lipinski definition) is 11. The lowest BCUT2D eigenvalue weighted by molar-refractivity contribution is -0.142. The van der Waals surface area contributed by atoms with Gasteiger partial charge in [0.05, 0.1) is 38.0 Å². The number of nitrogens with zero attached hydrogens (tertiary/aromatic N) is 1. The molecule has 0 aliphatic rings. The third kappa shape index (κ3) is 12.9. The van der Waals surface area contributed by atoms with Crippen molar-refractivity contribution in [1.29, 1.82) is 0 Å². The molecule has 0 aliphatic heterocycles. The Morgan fingerprint density at radius 3 is 2.04 bits per heavy atom. The maximum absolute atomic E-state index is 12.8. The number of nitrogens with two attached hydrogens (primary N) is 1. The fourth-order valence-corrected chi connectivity index (χ4v) is 4.09. The summed E-state index contributed by atoms with van der Waals surface area (Å²) in [6.45, 7) is -0.625. The van der Waals surface area contributed by atoms with Gasteiger partial charge in [0.2, 0.25) is 29.5 Å². The highest BCUT2D eigenvalue weighted by molar-refractivity contribution is 5.96. The fraction of sp³-hybridized carbons (Fsp3) is 0.429. The van der Waals surface area contributed by atoms with Crippen LogP contribution in [0, 0.1) is 0 Å². The number of aliphatic carboxylic acids is 2. The van der Waals surface area contributed by atoms with Crippen molar-refractivity contribution in [3.8, 4) is 0 Å². The number of amides is 5. The van der Waals surface area contributed by atoms with Gasteiger partial charge in [-0.25, -0.2) is 9.78 Å². The molecule has 6 atom stereocenters. The molecule has 256 valence electrons. The highest BCUT2D eigenvalue weighted by atomic mass is 16.4. The van der Waals surface area contributed by atoms with Crippen LogP contribution in [-0.2, 0) is 46.4 Å². The van der Waals surface area contributed by atoms with E-state index >= 15 is 0 Å². The minimum absolute atomic E-state index is 0.0170. The van der Waals surface area contributed by atoms with Crippen LogP contribution in [0.25, 0.3) is 0 Å². The molecule has 0 saturated heterocycles. The van der Waals surface area contributed by atoms with Crippen LogP contribution in [0.15, 0.2) is 42.9 Å². The standard InChI is InChI=1S/C28H38N8O11/c1-14(38)23(27(45)34-19(28(46)47)7-15-5-3-2-4-6-15)36-21(39)11-31-25(43)18(9-22(40)41)33-26(44)20(12-37)35-24(42)17(29)8-16-10-30-13-32-16/h2-6,10,13-14,17-20,23,37-38H,7-9,11-12,29H2,1H3,(H,30,32)(H,31,43)(H,33,44)(H,34,45)(H,35,42)(H,36,39)(H,40,41)(H,46,47). The molecule has 47 heavy (non-hydrogen) atoms. The maximum Gasteiger partial charge on any atom is 0.326 e. The van der Waals surface area contributed by atoms with E-state index in [1.807, 2.05) is 0 Å².